The Bertz CT molecular complexity index is 348. The smallest absolute Gasteiger partial charge is 0.214 e. The first-order valence-electron chi connectivity index (χ1n) is 5.82. The van der Waals surface area contributed by atoms with Gasteiger partial charge < -0.3 is 4.74 Å². The van der Waals surface area contributed by atoms with Crippen molar-refractivity contribution in [2.24, 2.45) is 11.8 Å². The molecule has 1 aliphatic carbocycles. The summed E-state index contributed by atoms with van der Waals surface area (Å²) in [5.74, 6) is 1.99. The molecule has 0 bridgehead atoms. The minimum absolute atomic E-state index is 0.249. The van der Waals surface area contributed by atoms with Gasteiger partial charge in [-0.1, -0.05) is 32.9 Å². The number of nitrogens with one attached hydrogen (secondary N) is 1. The molecular formula is C14H21NO. The Morgan fingerprint density at radius 2 is 2.25 bits per heavy atom. The van der Waals surface area contributed by atoms with E-state index in [1.807, 2.05) is 19.1 Å². The highest BCUT2D eigenvalue weighted by Gasteiger charge is 2.08. The van der Waals surface area contributed by atoms with Crippen LogP contribution >= 0.6 is 0 Å². The molecule has 0 fully saturated rings. The predicted molar refractivity (Wildman–Crippen MR) is 68.4 cm³/mol. The summed E-state index contributed by atoms with van der Waals surface area (Å²) in [6, 6.07) is 0. The average Bonchev–Trinajstić information content (AvgIpc) is 2.16. The lowest BCUT2D eigenvalue weighted by molar-refractivity contribution is 0.418. The zero-order valence-corrected chi connectivity index (χ0v) is 10.6. The number of allylic oxidation sites excluding steroid dienone is 4. The topological polar surface area (TPSA) is 33.1 Å². The van der Waals surface area contributed by atoms with Crippen molar-refractivity contribution in [3.8, 4) is 0 Å². The second kappa shape index (κ2) is 5.69. The van der Waals surface area contributed by atoms with E-state index in [1.165, 1.54) is 0 Å². The van der Waals surface area contributed by atoms with Crippen molar-refractivity contribution in [1.29, 1.82) is 5.41 Å². The highest BCUT2D eigenvalue weighted by Crippen LogP contribution is 2.18. The van der Waals surface area contributed by atoms with E-state index in [2.05, 4.69) is 32.9 Å². The molecule has 16 heavy (non-hydrogen) atoms. The van der Waals surface area contributed by atoms with E-state index < -0.39 is 0 Å². The first-order chi connectivity index (χ1) is 7.49. The van der Waals surface area contributed by atoms with Gasteiger partial charge in [0.1, 0.15) is 5.76 Å². The molecule has 1 unspecified atom stereocenters. The molecule has 0 aromatic carbocycles. The van der Waals surface area contributed by atoms with Crippen LogP contribution in [0.2, 0.25) is 0 Å². The lowest BCUT2D eigenvalue weighted by atomic mass is 10.0. The standard InChI is InChI=1S/C14H21NO/c1-10(2)8-12(4)14(15)16-13-7-5-6-11(3)9-13/h5,7-11,15H,6H2,1-4H3/b12-8+,15-14?. The summed E-state index contributed by atoms with van der Waals surface area (Å²) in [5, 5.41) is 7.82. The highest BCUT2D eigenvalue weighted by atomic mass is 16.5. The third kappa shape index (κ3) is 4.05. The Balaban J connectivity index is 2.61. The fourth-order valence-corrected chi connectivity index (χ4v) is 1.64. The van der Waals surface area contributed by atoms with Crippen LogP contribution in [0, 0.1) is 17.2 Å². The molecule has 0 saturated carbocycles. The van der Waals surface area contributed by atoms with Gasteiger partial charge in [0.05, 0.1) is 0 Å². The Hall–Kier alpha value is -1.31. The zero-order chi connectivity index (χ0) is 12.1. The lowest BCUT2D eigenvalue weighted by Crippen LogP contribution is -2.07. The Kier molecular flexibility index (Phi) is 4.53. The van der Waals surface area contributed by atoms with Gasteiger partial charge in [0.15, 0.2) is 0 Å². The van der Waals surface area contributed by atoms with E-state index in [9.17, 15) is 0 Å². The highest BCUT2D eigenvalue weighted by molar-refractivity contribution is 5.91. The molecule has 0 aliphatic heterocycles. The summed E-state index contributed by atoms with van der Waals surface area (Å²) in [6.07, 6.45) is 9.20. The first-order valence-corrected chi connectivity index (χ1v) is 5.82. The van der Waals surface area contributed by atoms with Crippen molar-refractivity contribution in [3.05, 3.63) is 35.6 Å². The van der Waals surface area contributed by atoms with E-state index in [1.54, 1.807) is 0 Å². The number of rotatable bonds is 3. The zero-order valence-electron chi connectivity index (χ0n) is 10.6. The van der Waals surface area contributed by atoms with Crippen molar-refractivity contribution in [1.82, 2.24) is 0 Å². The van der Waals surface area contributed by atoms with Crippen LogP contribution in [0.5, 0.6) is 0 Å². The van der Waals surface area contributed by atoms with Crippen molar-refractivity contribution in [2.45, 2.75) is 34.1 Å². The maximum Gasteiger partial charge on any atom is 0.214 e. The quantitative estimate of drug-likeness (QED) is 0.563. The molecule has 0 saturated heterocycles. The van der Waals surface area contributed by atoms with Gasteiger partial charge in [0.2, 0.25) is 5.90 Å². The third-order valence-electron chi connectivity index (χ3n) is 2.40. The Morgan fingerprint density at radius 1 is 1.56 bits per heavy atom. The van der Waals surface area contributed by atoms with Crippen LogP contribution in [0.1, 0.15) is 34.1 Å². The molecule has 1 rings (SSSR count). The van der Waals surface area contributed by atoms with Gasteiger partial charge in [-0.15, -0.1) is 0 Å². The van der Waals surface area contributed by atoms with Crippen LogP contribution in [-0.4, -0.2) is 5.90 Å². The van der Waals surface area contributed by atoms with E-state index in [0.717, 1.165) is 17.8 Å². The third-order valence-corrected chi connectivity index (χ3v) is 2.40. The summed E-state index contributed by atoms with van der Waals surface area (Å²) in [6.45, 7) is 8.25. The van der Waals surface area contributed by atoms with Gasteiger partial charge in [-0.3, -0.25) is 5.41 Å². The Morgan fingerprint density at radius 3 is 2.81 bits per heavy atom. The van der Waals surface area contributed by atoms with Crippen LogP contribution in [0.3, 0.4) is 0 Å². The van der Waals surface area contributed by atoms with Crippen molar-refractivity contribution >= 4 is 5.90 Å². The number of hydrogen-bond donors (Lipinski definition) is 1. The van der Waals surface area contributed by atoms with Crippen LogP contribution in [-0.2, 0) is 4.74 Å². The molecule has 1 atom stereocenters. The van der Waals surface area contributed by atoms with Crippen LogP contribution in [0.25, 0.3) is 0 Å². The average molecular weight is 219 g/mol. The fourth-order valence-electron chi connectivity index (χ4n) is 1.64. The molecule has 0 aromatic rings. The molecule has 0 radical (unpaired) electrons. The molecule has 0 aromatic heterocycles. The number of hydrogen-bond acceptors (Lipinski definition) is 2. The molecule has 2 nitrogen and oxygen atoms in total. The van der Waals surface area contributed by atoms with Crippen molar-refractivity contribution < 1.29 is 4.74 Å². The largest absolute Gasteiger partial charge is 0.440 e. The van der Waals surface area contributed by atoms with Gasteiger partial charge in [0.25, 0.3) is 0 Å². The fraction of sp³-hybridized carbons (Fsp3) is 0.500. The van der Waals surface area contributed by atoms with E-state index in [0.29, 0.717) is 11.8 Å². The second-order valence-electron chi connectivity index (χ2n) is 4.71. The maximum atomic E-state index is 7.82. The Labute approximate surface area is 98.2 Å². The van der Waals surface area contributed by atoms with Gasteiger partial charge in [-0.25, -0.2) is 0 Å². The van der Waals surface area contributed by atoms with E-state index >= 15 is 0 Å². The van der Waals surface area contributed by atoms with Crippen LogP contribution < -0.4 is 0 Å². The van der Waals surface area contributed by atoms with E-state index in [-0.39, 0.29) is 5.90 Å². The minimum Gasteiger partial charge on any atom is -0.440 e. The monoisotopic (exact) mass is 219 g/mol. The molecule has 1 aliphatic rings. The first kappa shape index (κ1) is 12.8. The summed E-state index contributed by atoms with van der Waals surface area (Å²) < 4.78 is 5.51. The van der Waals surface area contributed by atoms with Gasteiger partial charge in [-0.05, 0) is 37.3 Å². The van der Waals surface area contributed by atoms with Crippen LogP contribution in [0.15, 0.2) is 35.6 Å². The van der Waals surface area contributed by atoms with Gasteiger partial charge in [0, 0.05) is 5.57 Å². The molecule has 0 spiro atoms. The minimum atomic E-state index is 0.249. The predicted octanol–water partition coefficient (Wildman–Crippen LogP) is 4.06. The van der Waals surface area contributed by atoms with Crippen molar-refractivity contribution in [3.63, 3.8) is 0 Å². The van der Waals surface area contributed by atoms with Crippen molar-refractivity contribution in [2.75, 3.05) is 0 Å². The summed E-state index contributed by atoms with van der Waals surface area (Å²) in [7, 11) is 0. The van der Waals surface area contributed by atoms with Gasteiger partial charge in [-0.2, -0.15) is 0 Å². The SMILES string of the molecule is C/C(=C\C(C)C)C(=N)OC1=CC(C)CC=C1. The van der Waals surface area contributed by atoms with Crippen LogP contribution in [0.4, 0.5) is 0 Å². The molecule has 88 valence electrons. The molecule has 0 amide bonds. The van der Waals surface area contributed by atoms with Gasteiger partial charge >= 0.3 is 0 Å². The van der Waals surface area contributed by atoms with E-state index in [4.69, 9.17) is 10.1 Å². The molecule has 1 N–H and O–H groups in total. The summed E-state index contributed by atoms with van der Waals surface area (Å²) in [5.41, 5.74) is 0.891. The molecular weight excluding hydrogens is 198 g/mol. The summed E-state index contributed by atoms with van der Waals surface area (Å²) >= 11 is 0. The summed E-state index contributed by atoms with van der Waals surface area (Å²) in [4.78, 5) is 0. The molecule has 2 heteroatoms. The second-order valence-corrected chi connectivity index (χ2v) is 4.71. The lowest BCUT2D eigenvalue weighted by Gasteiger charge is -2.14. The maximum absolute atomic E-state index is 7.82. The normalized spacial score (nSPS) is 20.9. The number of ether oxygens (including phenoxy) is 1. The molecule has 0 heterocycles.